The summed E-state index contributed by atoms with van der Waals surface area (Å²) in [7, 11) is -1.14. The highest BCUT2D eigenvalue weighted by molar-refractivity contribution is 6.88. The Hall–Kier alpha value is -0.603. The largest absolute Gasteiger partial charge is 0.312 e. The van der Waals surface area contributed by atoms with Gasteiger partial charge >= 0.3 is 0 Å². The molecule has 1 aromatic rings. The summed E-state index contributed by atoms with van der Waals surface area (Å²) in [5.74, 6) is 1.84. The van der Waals surface area contributed by atoms with Crippen molar-refractivity contribution < 1.29 is 0 Å². The van der Waals surface area contributed by atoms with Crippen LogP contribution in [0.15, 0.2) is 24.3 Å². The van der Waals surface area contributed by atoms with Crippen LogP contribution in [0.4, 0.5) is 0 Å². The summed E-state index contributed by atoms with van der Waals surface area (Å²) < 4.78 is 0. The number of rotatable bonds is 5. The van der Waals surface area contributed by atoms with Crippen LogP contribution in [0.2, 0.25) is 19.6 Å². The molecule has 0 aromatic heterocycles. The van der Waals surface area contributed by atoms with Gasteiger partial charge in [-0.05, 0) is 36.8 Å². The van der Waals surface area contributed by atoms with Crippen LogP contribution in [0.25, 0.3) is 0 Å². The second-order valence-electron chi connectivity index (χ2n) is 7.72. The zero-order valence-electron chi connectivity index (χ0n) is 13.7. The summed E-state index contributed by atoms with van der Waals surface area (Å²) in [6.07, 6.45) is 5.71. The first-order valence-electron chi connectivity index (χ1n) is 8.25. The van der Waals surface area contributed by atoms with Gasteiger partial charge in [-0.2, -0.15) is 0 Å². The molecule has 0 heterocycles. The molecule has 1 nitrogen and oxygen atoms in total. The summed E-state index contributed by atoms with van der Waals surface area (Å²) in [6, 6.07) is 9.30. The fourth-order valence-corrected chi connectivity index (χ4v) is 4.46. The molecule has 2 rings (SSSR count). The van der Waals surface area contributed by atoms with Gasteiger partial charge in [-0.25, -0.2) is 0 Å². The zero-order valence-corrected chi connectivity index (χ0v) is 14.7. The van der Waals surface area contributed by atoms with Gasteiger partial charge < -0.3 is 5.32 Å². The Kier molecular flexibility index (Phi) is 5.45. The highest BCUT2D eigenvalue weighted by Crippen LogP contribution is 2.27. The lowest BCUT2D eigenvalue weighted by molar-refractivity contribution is 0.274. The van der Waals surface area contributed by atoms with E-state index < -0.39 is 8.07 Å². The van der Waals surface area contributed by atoms with Crippen LogP contribution in [0, 0.1) is 11.8 Å². The molecule has 1 aliphatic rings. The van der Waals surface area contributed by atoms with E-state index in [2.05, 4.69) is 56.1 Å². The van der Waals surface area contributed by atoms with Gasteiger partial charge in [0.05, 0.1) is 8.07 Å². The average Bonchev–Trinajstić information content (AvgIpc) is 2.38. The smallest absolute Gasteiger partial charge is 0.0775 e. The van der Waals surface area contributed by atoms with Crippen molar-refractivity contribution in [2.24, 2.45) is 11.8 Å². The Labute approximate surface area is 126 Å². The Morgan fingerprint density at radius 2 is 1.80 bits per heavy atom. The minimum atomic E-state index is -1.14. The van der Waals surface area contributed by atoms with E-state index in [1.54, 1.807) is 5.19 Å². The van der Waals surface area contributed by atoms with Crippen LogP contribution in [-0.4, -0.2) is 14.6 Å². The monoisotopic (exact) mass is 289 g/mol. The van der Waals surface area contributed by atoms with Gasteiger partial charge in [0.15, 0.2) is 0 Å². The molecule has 0 saturated heterocycles. The summed E-state index contributed by atoms with van der Waals surface area (Å²) in [6.45, 7) is 11.8. The van der Waals surface area contributed by atoms with Crippen LogP contribution in [-0.2, 0) is 6.54 Å². The van der Waals surface area contributed by atoms with Crippen molar-refractivity contribution in [1.82, 2.24) is 5.32 Å². The Morgan fingerprint density at radius 1 is 1.10 bits per heavy atom. The van der Waals surface area contributed by atoms with Crippen molar-refractivity contribution in [1.29, 1.82) is 0 Å². The molecule has 0 bridgehead atoms. The topological polar surface area (TPSA) is 12.0 Å². The number of benzene rings is 1. The fourth-order valence-electron chi connectivity index (χ4n) is 3.29. The van der Waals surface area contributed by atoms with E-state index in [-0.39, 0.29) is 0 Å². The van der Waals surface area contributed by atoms with E-state index in [1.165, 1.54) is 37.8 Å². The normalized spacial score (nSPS) is 23.8. The predicted octanol–water partition coefficient (Wildman–Crippen LogP) is 4.15. The van der Waals surface area contributed by atoms with Crippen molar-refractivity contribution in [3.63, 3.8) is 0 Å². The first-order valence-corrected chi connectivity index (χ1v) is 11.8. The van der Waals surface area contributed by atoms with Gasteiger partial charge in [-0.1, -0.05) is 68.9 Å². The minimum Gasteiger partial charge on any atom is -0.312 e. The van der Waals surface area contributed by atoms with Crippen LogP contribution in [0.3, 0.4) is 0 Å². The van der Waals surface area contributed by atoms with Crippen LogP contribution in [0.5, 0.6) is 0 Å². The maximum Gasteiger partial charge on any atom is 0.0775 e. The van der Waals surface area contributed by atoms with E-state index in [0.717, 1.165) is 18.4 Å². The lowest BCUT2D eigenvalue weighted by Crippen LogP contribution is -2.37. The van der Waals surface area contributed by atoms with Gasteiger partial charge in [-0.3, -0.25) is 0 Å². The second kappa shape index (κ2) is 6.90. The number of hydrogen-bond donors (Lipinski definition) is 1. The van der Waals surface area contributed by atoms with Crippen molar-refractivity contribution in [2.45, 2.75) is 58.8 Å². The summed E-state index contributed by atoms with van der Waals surface area (Å²) >= 11 is 0. The van der Waals surface area contributed by atoms with E-state index in [0.29, 0.717) is 0 Å². The van der Waals surface area contributed by atoms with Crippen molar-refractivity contribution >= 4 is 13.3 Å². The van der Waals surface area contributed by atoms with Gasteiger partial charge in [0.1, 0.15) is 0 Å². The predicted molar refractivity (Wildman–Crippen MR) is 92.3 cm³/mol. The van der Waals surface area contributed by atoms with Crippen molar-refractivity contribution in [2.75, 3.05) is 6.54 Å². The quantitative estimate of drug-likeness (QED) is 0.803. The van der Waals surface area contributed by atoms with Crippen LogP contribution in [0.1, 0.15) is 38.2 Å². The van der Waals surface area contributed by atoms with E-state index in [4.69, 9.17) is 0 Å². The maximum atomic E-state index is 3.66. The lowest BCUT2D eigenvalue weighted by atomic mass is 9.82. The molecule has 112 valence electrons. The van der Waals surface area contributed by atoms with Gasteiger partial charge in [0.25, 0.3) is 0 Å². The molecule has 0 aliphatic heterocycles. The maximum absolute atomic E-state index is 3.66. The molecule has 1 aromatic carbocycles. The lowest BCUT2D eigenvalue weighted by Gasteiger charge is -2.26. The Balaban J connectivity index is 1.77. The molecule has 1 N–H and O–H groups in total. The van der Waals surface area contributed by atoms with Gasteiger partial charge in [-0.15, -0.1) is 0 Å². The molecule has 2 atom stereocenters. The zero-order chi connectivity index (χ0) is 14.6. The van der Waals surface area contributed by atoms with Crippen LogP contribution >= 0.6 is 0 Å². The summed E-state index contributed by atoms with van der Waals surface area (Å²) in [5.41, 5.74) is 1.43. The van der Waals surface area contributed by atoms with Crippen LogP contribution < -0.4 is 10.5 Å². The Morgan fingerprint density at radius 3 is 2.40 bits per heavy atom. The third kappa shape index (κ3) is 4.74. The van der Waals surface area contributed by atoms with E-state index >= 15 is 0 Å². The van der Waals surface area contributed by atoms with Crippen molar-refractivity contribution in [3.05, 3.63) is 29.8 Å². The SMILES string of the molecule is CC1CCCC(CNCc2ccc([Si](C)(C)C)cc2)C1. The van der Waals surface area contributed by atoms with E-state index in [9.17, 15) is 0 Å². The first kappa shape index (κ1) is 15.8. The molecular formula is C18H31NSi. The fraction of sp³-hybridized carbons (Fsp3) is 0.667. The third-order valence-corrected chi connectivity index (χ3v) is 6.69. The number of nitrogens with one attached hydrogen (secondary N) is 1. The standard InChI is InChI=1S/C18H31NSi/c1-15-6-5-7-17(12-15)14-19-13-16-8-10-18(11-9-16)20(2,3)4/h8-11,15,17,19H,5-7,12-14H2,1-4H3. The molecule has 0 amide bonds. The molecule has 1 saturated carbocycles. The molecule has 1 aliphatic carbocycles. The molecule has 0 radical (unpaired) electrons. The molecule has 1 fully saturated rings. The second-order valence-corrected chi connectivity index (χ2v) is 12.8. The minimum absolute atomic E-state index is 0.903. The number of hydrogen-bond acceptors (Lipinski definition) is 1. The van der Waals surface area contributed by atoms with Gasteiger partial charge in [0, 0.05) is 6.54 Å². The highest BCUT2D eigenvalue weighted by Gasteiger charge is 2.18. The molecule has 20 heavy (non-hydrogen) atoms. The van der Waals surface area contributed by atoms with Crippen molar-refractivity contribution in [3.8, 4) is 0 Å². The molecule has 2 heteroatoms. The highest BCUT2D eigenvalue weighted by atomic mass is 28.3. The Bertz CT molecular complexity index is 404. The van der Waals surface area contributed by atoms with E-state index in [1.807, 2.05) is 0 Å². The summed E-state index contributed by atoms with van der Waals surface area (Å²) in [5, 5.41) is 5.22. The summed E-state index contributed by atoms with van der Waals surface area (Å²) in [4.78, 5) is 0. The third-order valence-electron chi connectivity index (χ3n) is 4.63. The average molecular weight is 290 g/mol. The first-order chi connectivity index (χ1) is 9.45. The molecular weight excluding hydrogens is 258 g/mol. The molecule has 2 unspecified atom stereocenters. The van der Waals surface area contributed by atoms with Gasteiger partial charge in [0.2, 0.25) is 0 Å². The molecule has 0 spiro atoms.